The highest BCUT2D eigenvalue weighted by atomic mass is 19.1. The number of ether oxygens (including phenoxy) is 1. The van der Waals surface area contributed by atoms with E-state index >= 15 is 0 Å². The van der Waals surface area contributed by atoms with Crippen LogP contribution >= 0.6 is 0 Å². The number of nitrogens with one attached hydrogen (secondary N) is 1. The van der Waals surface area contributed by atoms with Crippen molar-refractivity contribution in [2.45, 2.75) is 31.0 Å². The largest absolute Gasteiger partial charge is 0.393 e. The van der Waals surface area contributed by atoms with Gasteiger partial charge in [-0.15, -0.1) is 0 Å². The summed E-state index contributed by atoms with van der Waals surface area (Å²) in [6, 6.07) is 0. The summed E-state index contributed by atoms with van der Waals surface area (Å²) in [5, 5.41) is 21.3. The quantitative estimate of drug-likeness (QED) is 0.604. The van der Waals surface area contributed by atoms with Crippen molar-refractivity contribution in [2.75, 3.05) is 6.61 Å². The van der Waals surface area contributed by atoms with Crippen molar-refractivity contribution in [3.05, 3.63) is 24.7 Å². The van der Waals surface area contributed by atoms with Gasteiger partial charge in [0.25, 0.3) is 5.91 Å². The first-order chi connectivity index (χ1) is 8.39. The molecule has 1 saturated heterocycles. The summed E-state index contributed by atoms with van der Waals surface area (Å²) in [7, 11) is 0. The molecular formula is C11H15FN2O4. The summed E-state index contributed by atoms with van der Waals surface area (Å²) in [5.41, 5.74) is -1.38. The molecule has 18 heavy (non-hydrogen) atoms. The molecule has 1 fully saturated rings. The number of aliphatic hydroxyl groups excluding tert-OH is 2. The predicted octanol–water partition coefficient (Wildman–Crippen LogP) is -0.791. The lowest BCUT2D eigenvalue weighted by molar-refractivity contribution is -0.128. The Hall–Kier alpha value is -1.44. The Bertz CT molecular complexity index is 414. The summed E-state index contributed by atoms with van der Waals surface area (Å²) < 4.78 is 19.4. The second-order valence-corrected chi connectivity index (χ2v) is 4.53. The van der Waals surface area contributed by atoms with E-state index in [1.807, 2.05) is 0 Å². The van der Waals surface area contributed by atoms with Gasteiger partial charge >= 0.3 is 0 Å². The Morgan fingerprint density at radius 1 is 1.72 bits per heavy atom. The van der Waals surface area contributed by atoms with Crippen LogP contribution in [0.2, 0.25) is 0 Å². The van der Waals surface area contributed by atoms with Crippen LogP contribution in [0.1, 0.15) is 6.92 Å². The molecule has 2 heterocycles. The van der Waals surface area contributed by atoms with Crippen LogP contribution in [0.5, 0.6) is 0 Å². The molecule has 0 radical (unpaired) electrons. The summed E-state index contributed by atoms with van der Waals surface area (Å²) in [4.78, 5) is 12.3. The van der Waals surface area contributed by atoms with Crippen molar-refractivity contribution in [1.29, 1.82) is 0 Å². The molecule has 6 nitrogen and oxygen atoms in total. The van der Waals surface area contributed by atoms with E-state index in [1.54, 1.807) is 0 Å². The maximum Gasteiger partial charge on any atom is 0.250 e. The Balaban J connectivity index is 2.23. The number of carbonyl (C=O) groups is 1. The third-order valence-electron chi connectivity index (χ3n) is 3.14. The van der Waals surface area contributed by atoms with E-state index in [9.17, 15) is 14.3 Å². The third-order valence-corrected chi connectivity index (χ3v) is 3.14. The monoisotopic (exact) mass is 258 g/mol. The average Bonchev–Trinajstić information content (AvgIpc) is 2.55. The standard InChI is InChI=1S/C11H15FN2O4/c1-6-13-7(16)3-4-14(6)10-8(12)9(17)11(2,5-15)18-10/h3-4,8-10,15,17H,1,5H2,2H3,(H,13,16)/t8-,9+,10-,11-/m1/s1. The van der Waals surface area contributed by atoms with E-state index in [1.165, 1.54) is 24.1 Å². The molecule has 4 atom stereocenters. The molecule has 100 valence electrons. The number of aliphatic hydroxyl groups is 2. The number of rotatable bonds is 2. The zero-order valence-electron chi connectivity index (χ0n) is 9.84. The van der Waals surface area contributed by atoms with Crippen molar-refractivity contribution in [2.24, 2.45) is 0 Å². The minimum Gasteiger partial charge on any atom is -0.393 e. The topological polar surface area (TPSA) is 82.0 Å². The third kappa shape index (κ3) is 1.90. The number of nitrogens with zero attached hydrogens (tertiary/aromatic N) is 1. The predicted molar refractivity (Wildman–Crippen MR) is 59.5 cm³/mol. The smallest absolute Gasteiger partial charge is 0.250 e. The fraction of sp³-hybridized carbons (Fsp3) is 0.545. The average molecular weight is 258 g/mol. The zero-order chi connectivity index (χ0) is 13.5. The maximum atomic E-state index is 14.0. The first-order valence-electron chi connectivity index (χ1n) is 5.46. The fourth-order valence-electron chi connectivity index (χ4n) is 1.97. The van der Waals surface area contributed by atoms with Crippen LogP contribution in [0.15, 0.2) is 24.7 Å². The van der Waals surface area contributed by atoms with E-state index in [0.717, 1.165) is 0 Å². The fourth-order valence-corrected chi connectivity index (χ4v) is 1.97. The molecule has 0 aliphatic carbocycles. The molecule has 3 N–H and O–H groups in total. The Morgan fingerprint density at radius 3 is 2.89 bits per heavy atom. The van der Waals surface area contributed by atoms with Gasteiger partial charge < -0.3 is 25.2 Å². The molecule has 0 bridgehead atoms. The number of hydrogen-bond donors (Lipinski definition) is 3. The lowest BCUT2D eigenvalue weighted by Crippen LogP contribution is -2.45. The Kier molecular flexibility index (Phi) is 3.14. The Morgan fingerprint density at radius 2 is 2.39 bits per heavy atom. The first kappa shape index (κ1) is 13.0. The van der Waals surface area contributed by atoms with E-state index in [2.05, 4.69) is 11.9 Å². The van der Waals surface area contributed by atoms with Crippen LogP contribution in [0, 0.1) is 0 Å². The highest BCUT2D eigenvalue weighted by Gasteiger charge is 2.54. The molecule has 0 unspecified atom stereocenters. The van der Waals surface area contributed by atoms with E-state index in [0.29, 0.717) is 0 Å². The zero-order valence-corrected chi connectivity index (χ0v) is 9.84. The van der Waals surface area contributed by atoms with Gasteiger partial charge in [0.15, 0.2) is 12.4 Å². The van der Waals surface area contributed by atoms with Crippen LogP contribution in [-0.4, -0.2) is 51.7 Å². The number of carbonyl (C=O) groups excluding carboxylic acids is 1. The molecule has 0 saturated carbocycles. The van der Waals surface area contributed by atoms with Crippen LogP contribution in [0.3, 0.4) is 0 Å². The van der Waals surface area contributed by atoms with Crippen molar-refractivity contribution in [1.82, 2.24) is 10.2 Å². The van der Waals surface area contributed by atoms with Crippen molar-refractivity contribution in [3.8, 4) is 0 Å². The lowest BCUT2D eigenvalue weighted by atomic mass is 9.99. The molecule has 0 spiro atoms. The van der Waals surface area contributed by atoms with Gasteiger partial charge in [0.1, 0.15) is 17.5 Å². The summed E-state index contributed by atoms with van der Waals surface area (Å²) in [6.07, 6.45) is -1.79. The van der Waals surface area contributed by atoms with Crippen LogP contribution in [0.25, 0.3) is 0 Å². The second-order valence-electron chi connectivity index (χ2n) is 4.53. The molecule has 0 aromatic rings. The summed E-state index contributed by atoms with van der Waals surface area (Å²) in [6.45, 7) is 4.48. The number of halogens is 1. The second kappa shape index (κ2) is 4.34. The number of amides is 1. The molecule has 0 aromatic heterocycles. The Labute approximate surface area is 103 Å². The summed E-state index contributed by atoms with van der Waals surface area (Å²) in [5.74, 6) is -0.209. The minimum absolute atomic E-state index is 0.157. The number of alkyl halides is 1. The van der Waals surface area contributed by atoms with Gasteiger partial charge in [-0.1, -0.05) is 6.58 Å². The van der Waals surface area contributed by atoms with E-state index in [-0.39, 0.29) is 11.7 Å². The highest BCUT2D eigenvalue weighted by molar-refractivity contribution is 5.89. The minimum atomic E-state index is -1.72. The molecule has 2 aliphatic rings. The van der Waals surface area contributed by atoms with Gasteiger partial charge in [0, 0.05) is 12.3 Å². The van der Waals surface area contributed by atoms with E-state index in [4.69, 9.17) is 9.84 Å². The molecule has 1 amide bonds. The molecule has 2 aliphatic heterocycles. The van der Waals surface area contributed by atoms with Crippen LogP contribution in [0.4, 0.5) is 4.39 Å². The van der Waals surface area contributed by atoms with Gasteiger partial charge in [-0.05, 0) is 6.92 Å². The normalized spacial score (nSPS) is 40.2. The van der Waals surface area contributed by atoms with Crippen molar-refractivity contribution < 1.29 is 24.1 Å². The van der Waals surface area contributed by atoms with Crippen LogP contribution < -0.4 is 5.32 Å². The van der Waals surface area contributed by atoms with E-state index < -0.39 is 30.7 Å². The van der Waals surface area contributed by atoms with Gasteiger partial charge in [0.05, 0.1) is 6.61 Å². The SMILES string of the molecule is C=C1NC(=O)C=CN1[C@@H]1O[C@](C)(CO)[C@@H](O)[C@H]1F. The van der Waals surface area contributed by atoms with Crippen LogP contribution in [-0.2, 0) is 9.53 Å². The first-order valence-corrected chi connectivity index (χ1v) is 5.46. The lowest BCUT2D eigenvalue weighted by Gasteiger charge is -2.32. The maximum absolute atomic E-state index is 14.0. The van der Waals surface area contributed by atoms with Crippen molar-refractivity contribution >= 4 is 5.91 Å². The van der Waals surface area contributed by atoms with Gasteiger partial charge in [0.2, 0.25) is 0 Å². The molecule has 0 aromatic carbocycles. The molecular weight excluding hydrogens is 243 g/mol. The highest BCUT2D eigenvalue weighted by Crippen LogP contribution is 2.35. The van der Waals surface area contributed by atoms with Gasteiger partial charge in [-0.2, -0.15) is 0 Å². The number of hydrogen-bond acceptors (Lipinski definition) is 5. The summed E-state index contributed by atoms with van der Waals surface area (Å²) >= 11 is 0. The molecule has 2 rings (SSSR count). The molecule has 7 heteroatoms. The van der Waals surface area contributed by atoms with Crippen molar-refractivity contribution in [3.63, 3.8) is 0 Å². The van der Waals surface area contributed by atoms with Gasteiger partial charge in [-0.25, -0.2) is 4.39 Å². The van der Waals surface area contributed by atoms with Gasteiger partial charge in [-0.3, -0.25) is 4.79 Å².